The van der Waals surface area contributed by atoms with Crippen LogP contribution in [0.5, 0.6) is 0 Å². The van der Waals surface area contributed by atoms with Gasteiger partial charge in [0.05, 0.1) is 5.52 Å². The molecule has 1 aromatic carbocycles. The number of anilines is 1. The summed E-state index contributed by atoms with van der Waals surface area (Å²) in [5.74, 6) is 0.993. The molecule has 4 heterocycles. The highest BCUT2D eigenvalue weighted by molar-refractivity contribution is 6.04. The van der Waals surface area contributed by atoms with Crippen molar-refractivity contribution < 1.29 is 4.79 Å². The molecule has 156 valence electrons. The number of likely N-dealkylation sites (tertiary alicyclic amines) is 1. The Labute approximate surface area is 177 Å². The van der Waals surface area contributed by atoms with Crippen LogP contribution < -0.4 is 10.6 Å². The molecule has 0 saturated carbocycles. The van der Waals surface area contributed by atoms with E-state index in [1.165, 1.54) is 24.1 Å². The van der Waals surface area contributed by atoms with E-state index >= 15 is 0 Å². The van der Waals surface area contributed by atoms with E-state index in [2.05, 4.69) is 44.7 Å². The zero-order valence-corrected chi connectivity index (χ0v) is 17.4. The minimum absolute atomic E-state index is 0.111. The Morgan fingerprint density at radius 1 is 1.17 bits per heavy atom. The van der Waals surface area contributed by atoms with Crippen molar-refractivity contribution in [2.45, 2.75) is 37.6 Å². The number of pyridine rings is 1. The number of hydrogen-bond acceptors (Lipinski definition) is 4. The van der Waals surface area contributed by atoms with Gasteiger partial charge in [-0.15, -0.1) is 0 Å². The Bertz CT molecular complexity index is 1050. The van der Waals surface area contributed by atoms with Gasteiger partial charge in [-0.3, -0.25) is 9.69 Å². The van der Waals surface area contributed by atoms with Crippen molar-refractivity contribution in [3.05, 3.63) is 59.4 Å². The lowest BCUT2D eigenvalue weighted by Gasteiger charge is -2.23. The van der Waals surface area contributed by atoms with Gasteiger partial charge in [-0.25, -0.2) is 4.98 Å². The zero-order chi connectivity index (χ0) is 20.5. The molecule has 3 aromatic rings. The maximum Gasteiger partial charge on any atom is 0.256 e. The molecule has 0 unspecified atom stereocenters. The summed E-state index contributed by atoms with van der Waals surface area (Å²) < 4.78 is 0. The van der Waals surface area contributed by atoms with Gasteiger partial charge in [0.1, 0.15) is 5.82 Å². The summed E-state index contributed by atoms with van der Waals surface area (Å²) in [6, 6.07) is 12.6. The first-order valence-electron chi connectivity index (χ1n) is 11.0. The average molecular weight is 404 g/mol. The summed E-state index contributed by atoms with van der Waals surface area (Å²) in [5, 5.41) is 7.45. The fraction of sp³-hybridized carbons (Fsp3) is 0.417. The second-order valence-corrected chi connectivity index (χ2v) is 8.62. The summed E-state index contributed by atoms with van der Waals surface area (Å²) in [4.78, 5) is 23.3. The van der Waals surface area contributed by atoms with E-state index in [0.29, 0.717) is 23.3 Å². The van der Waals surface area contributed by atoms with Crippen LogP contribution in [0.2, 0.25) is 0 Å². The molecule has 6 heteroatoms. The number of H-pyrrole nitrogens is 1. The Hall–Kier alpha value is -2.70. The number of benzene rings is 1. The predicted octanol–water partition coefficient (Wildman–Crippen LogP) is 4.05. The summed E-state index contributed by atoms with van der Waals surface area (Å²) in [7, 11) is 2.17. The van der Waals surface area contributed by atoms with Crippen molar-refractivity contribution in [3.63, 3.8) is 0 Å². The van der Waals surface area contributed by atoms with Crippen molar-refractivity contribution in [2.75, 3.05) is 32.0 Å². The first-order valence-corrected chi connectivity index (χ1v) is 11.0. The summed E-state index contributed by atoms with van der Waals surface area (Å²) in [6.45, 7) is 3.22. The van der Waals surface area contributed by atoms with Crippen LogP contribution >= 0.6 is 0 Å². The van der Waals surface area contributed by atoms with Crippen molar-refractivity contribution >= 4 is 22.6 Å². The van der Waals surface area contributed by atoms with Gasteiger partial charge in [0, 0.05) is 34.9 Å². The van der Waals surface area contributed by atoms with Crippen molar-refractivity contribution in [1.82, 2.24) is 20.2 Å². The second kappa shape index (κ2) is 8.20. The highest BCUT2D eigenvalue weighted by Gasteiger charge is 2.24. The molecule has 2 aromatic heterocycles. The van der Waals surface area contributed by atoms with Crippen molar-refractivity contribution in [1.29, 1.82) is 0 Å². The average Bonchev–Trinajstić information content (AvgIpc) is 3.39. The fourth-order valence-electron chi connectivity index (χ4n) is 4.88. The largest absolute Gasteiger partial charge is 0.357 e. The number of rotatable bonds is 4. The van der Waals surface area contributed by atoms with Gasteiger partial charge in [0.2, 0.25) is 0 Å². The van der Waals surface area contributed by atoms with Crippen molar-refractivity contribution in [2.24, 2.45) is 0 Å². The Morgan fingerprint density at radius 3 is 2.83 bits per heavy atom. The highest BCUT2D eigenvalue weighted by atomic mass is 16.1. The normalized spacial score (nSPS) is 20.6. The van der Waals surface area contributed by atoms with Crippen LogP contribution in [0.3, 0.4) is 0 Å². The molecule has 3 N–H and O–H groups in total. The quantitative estimate of drug-likeness (QED) is 0.615. The van der Waals surface area contributed by atoms with E-state index in [4.69, 9.17) is 0 Å². The van der Waals surface area contributed by atoms with Crippen LogP contribution in [0.1, 0.15) is 59.3 Å². The number of hydrogen-bond donors (Lipinski definition) is 3. The monoisotopic (exact) mass is 403 g/mol. The Kier molecular flexibility index (Phi) is 5.27. The molecule has 2 aliphatic heterocycles. The molecule has 1 atom stereocenters. The topological polar surface area (TPSA) is 73.1 Å². The molecular weight excluding hydrogens is 374 g/mol. The molecule has 6 nitrogen and oxygen atoms in total. The van der Waals surface area contributed by atoms with Gasteiger partial charge in [0.25, 0.3) is 5.91 Å². The standard InChI is InChI=1S/C24H29N5O/c1-29-11-3-6-22(29)21-13-19-15-26-23(14-20(19)27-21)28-24(30)18-5-2-4-17(12-18)16-7-9-25-10-8-16/h2,4-5,12-16,22,25,27H,3,6-11H2,1H3,(H,26,28,30)/t22-/m1/s1. The van der Waals surface area contributed by atoms with Gasteiger partial charge in [0.15, 0.2) is 0 Å². The van der Waals surface area contributed by atoms with Crippen LogP contribution in [-0.2, 0) is 0 Å². The van der Waals surface area contributed by atoms with Gasteiger partial charge >= 0.3 is 0 Å². The number of aromatic amines is 1. The van der Waals surface area contributed by atoms with E-state index in [9.17, 15) is 4.79 Å². The first kappa shape index (κ1) is 19.3. The maximum atomic E-state index is 12.9. The number of carbonyl (C=O) groups excluding carboxylic acids is 1. The molecule has 2 fully saturated rings. The highest BCUT2D eigenvalue weighted by Crippen LogP contribution is 2.32. The van der Waals surface area contributed by atoms with E-state index in [-0.39, 0.29) is 5.91 Å². The lowest BCUT2D eigenvalue weighted by atomic mass is 9.89. The predicted molar refractivity (Wildman–Crippen MR) is 120 cm³/mol. The number of fused-ring (bicyclic) bond motifs is 1. The van der Waals surface area contributed by atoms with E-state index in [0.717, 1.165) is 43.4 Å². The Morgan fingerprint density at radius 2 is 2.03 bits per heavy atom. The molecule has 0 aliphatic carbocycles. The second-order valence-electron chi connectivity index (χ2n) is 8.62. The summed E-state index contributed by atoms with van der Waals surface area (Å²) >= 11 is 0. The van der Waals surface area contributed by atoms with Crippen molar-refractivity contribution in [3.8, 4) is 0 Å². The summed E-state index contributed by atoms with van der Waals surface area (Å²) in [5.41, 5.74) is 4.18. The molecular formula is C24H29N5O. The number of piperidine rings is 1. The maximum absolute atomic E-state index is 12.9. The van der Waals surface area contributed by atoms with Gasteiger partial charge in [-0.05, 0) is 82.0 Å². The fourth-order valence-corrected chi connectivity index (χ4v) is 4.88. The zero-order valence-electron chi connectivity index (χ0n) is 17.4. The third kappa shape index (κ3) is 3.85. The number of nitrogens with zero attached hydrogens (tertiary/aromatic N) is 2. The smallest absolute Gasteiger partial charge is 0.256 e. The number of nitrogens with one attached hydrogen (secondary N) is 3. The van der Waals surface area contributed by atoms with Gasteiger partial charge < -0.3 is 15.6 Å². The van der Waals surface area contributed by atoms with E-state index < -0.39 is 0 Å². The molecule has 30 heavy (non-hydrogen) atoms. The number of carbonyl (C=O) groups is 1. The molecule has 0 spiro atoms. The minimum atomic E-state index is -0.111. The van der Waals surface area contributed by atoms with Crippen LogP contribution in [0, 0.1) is 0 Å². The third-order valence-corrected chi connectivity index (χ3v) is 6.61. The third-order valence-electron chi connectivity index (χ3n) is 6.61. The first-order chi connectivity index (χ1) is 14.7. The SMILES string of the molecule is CN1CCC[C@@H]1c1cc2cnc(NC(=O)c3cccc(C4CCNCC4)c3)cc2[nH]1. The summed E-state index contributed by atoms with van der Waals surface area (Å²) in [6.07, 6.45) is 6.48. The van der Waals surface area contributed by atoms with E-state index in [1.54, 1.807) is 0 Å². The van der Waals surface area contributed by atoms with Crippen LogP contribution in [0.25, 0.3) is 10.9 Å². The number of amides is 1. The number of aromatic nitrogens is 2. The van der Waals surface area contributed by atoms with Crippen LogP contribution in [0.4, 0.5) is 5.82 Å². The molecule has 1 amide bonds. The molecule has 0 bridgehead atoms. The minimum Gasteiger partial charge on any atom is -0.357 e. The Balaban J connectivity index is 1.33. The van der Waals surface area contributed by atoms with Gasteiger partial charge in [-0.1, -0.05) is 12.1 Å². The van der Waals surface area contributed by atoms with Crippen LogP contribution in [0.15, 0.2) is 42.6 Å². The molecule has 2 aliphatic rings. The lowest BCUT2D eigenvalue weighted by molar-refractivity contribution is 0.102. The van der Waals surface area contributed by atoms with Gasteiger partial charge in [-0.2, -0.15) is 0 Å². The molecule has 5 rings (SSSR count). The molecule has 0 radical (unpaired) electrons. The van der Waals surface area contributed by atoms with Crippen LogP contribution in [-0.4, -0.2) is 47.5 Å². The van der Waals surface area contributed by atoms with E-state index in [1.807, 2.05) is 30.5 Å². The lowest BCUT2D eigenvalue weighted by Crippen LogP contribution is -2.26. The molecule has 2 saturated heterocycles.